The standard InChI is InChI=1S/C10H11O2S/c11-9-12-7-4-8-13-10-5-2-1-3-6-10/h1-3,5-6H,4,7-8H2. The Bertz CT molecular complexity index is 236. The van der Waals surface area contributed by atoms with E-state index in [-0.39, 0.29) is 0 Å². The summed E-state index contributed by atoms with van der Waals surface area (Å²) in [6.07, 6.45) is 0.870. The van der Waals surface area contributed by atoms with Gasteiger partial charge in [0.15, 0.2) is 0 Å². The van der Waals surface area contributed by atoms with Crippen LogP contribution >= 0.6 is 11.8 Å². The van der Waals surface area contributed by atoms with Crippen LogP contribution in [0.25, 0.3) is 0 Å². The Hall–Kier alpha value is -0.960. The summed E-state index contributed by atoms with van der Waals surface area (Å²) in [5.41, 5.74) is 0. The number of benzene rings is 1. The molecule has 0 atom stereocenters. The van der Waals surface area contributed by atoms with E-state index in [2.05, 4.69) is 16.9 Å². The van der Waals surface area contributed by atoms with Gasteiger partial charge >= 0.3 is 6.47 Å². The van der Waals surface area contributed by atoms with Crippen LogP contribution in [0.1, 0.15) is 6.42 Å². The minimum Gasteiger partial charge on any atom is -0.457 e. The largest absolute Gasteiger partial charge is 0.457 e. The zero-order valence-electron chi connectivity index (χ0n) is 7.23. The first kappa shape index (κ1) is 10.1. The van der Waals surface area contributed by atoms with Gasteiger partial charge in [-0.2, -0.15) is 0 Å². The van der Waals surface area contributed by atoms with Gasteiger partial charge in [-0.15, -0.1) is 11.8 Å². The summed E-state index contributed by atoms with van der Waals surface area (Å²) in [5, 5.41) is 0. The van der Waals surface area contributed by atoms with Crippen LogP contribution in [-0.2, 0) is 9.53 Å². The molecule has 0 saturated carbocycles. The SMILES string of the molecule is O=[C]OCCCSc1ccccc1. The van der Waals surface area contributed by atoms with Crippen molar-refractivity contribution < 1.29 is 9.53 Å². The molecule has 69 valence electrons. The fraction of sp³-hybridized carbons (Fsp3) is 0.300. The van der Waals surface area contributed by atoms with Gasteiger partial charge in [-0.25, -0.2) is 4.79 Å². The Labute approximate surface area is 82.3 Å². The van der Waals surface area contributed by atoms with E-state index in [1.165, 1.54) is 11.4 Å². The highest BCUT2D eigenvalue weighted by atomic mass is 32.2. The third kappa shape index (κ3) is 4.58. The van der Waals surface area contributed by atoms with E-state index in [0.717, 1.165) is 12.2 Å². The molecule has 0 heterocycles. The molecule has 1 aromatic rings. The number of carbonyl (C=O) groups excluding carboxylic acids is 1. The molecule has 0 bridgehead atoms. The fourth-order valence-corrected chi connectivity index (χ4v) is 1.73. The second kappa shape index (κ2) is 6.54. The summed E-state index contributed by atoms with van der Waals surface area (Å²) in [6.45, 7) is 1.87. The predicted octanol–water partition coefficient (Wildman–Crippen LogP) is 2.25. The lowest BCUT2D eigenvalue weighted by atomic mass is 10.4. The van der Waals surface area contributed by atoms with Crippen molar-refractivity contribution in [3.8, 4) is 0 Å². The summed E-state index contributed by atoms with van der Waals surface area (Å²) >= 11 is 1.76. The average molecular weight is 195 g/mol. The number of hydrogen-bond acceptors (Lipinski definition) is 3. The van der Waals surface area contributed by atoms with Crippen molar-refractivity contribution >= 4 is 18.2 Å². The molecule has 3 heteroatoms. The van der Waals surface area contributed by atoms with Crippen molar-refractivity contribution in [3.05, 3.63) is 30.3 Å². The van der Waals surface area contributed by atoms with Crippen LogP contribution in [-0.4, -0.2) is 18.8 Å². The Morgan fingerprint density at radius 1 is 1.31 bits per heavy atom. The average Bonchev–Trinajstić information content (AvgIpc) is 2.19. The monoisotopic (exact) mass is 195 g/mol. The van der Waals surface area contributed by atoms with Gasteiger partial charge in [-0.05, 0) is 18.6 Å². The molecule has 2 nitrogen and oxygen atoms in total. The van der Waals surface area contributed by atoms with Gasteiger partial charge in [0, 0.05) is 10.6 Å². The molecule has 1 radical (unpaired) electrons. The summed E-state index contributed by atoms with van der Waals surface area (Å²) in [4.78, 5) is 10.9. The third-order valence-electron chi connectivity index (χ3n) is 1.46. The second-order valence-corrected chi connectivity index (χ2v) is 3.62. The number of rotatable bonds is 6. The van der Waals surface area contributed by atoms with Gasteiger partial charge in [-0.1, -0.05) is 18.2 Å². The lowest BCUT2D eigenvalue weighted by Gasteiger charge is -1.99. The van der Waals surface area contributed by atoms with E-state index < -0.39 is 0 Å². The highest BCUT2D eigenvalue weighted by Gasteiger charge is 1.92. The van der Waals surface area contributed by atoms with Gasteiger partial charge in [0.25, 0.3) is 0 Å². The molecule has 1 aromatic carbocycles. The smallest absolute Gasteiger partial charge is 0.417 e. The molecular formula is C10H11O2S. The van der Waals surface area contributed by atoms with Crippen LogP contribution in [0.5, 0.6) is 0 Å². The molecule has 13 heavy (non-hydrogen) atoms. The molecule has 0 aromatic heterocycles. The van der Waals surface area contributed by atoms with Crippen LogP contribution in [0.2, 0.25) is 0 Å². The highest BCUT2D eigenvalue weighted by Crippen LogP contribution is 2.17. The topological polar surface area (TPSA) is 26.3 Å². The van der Waals surface area contributed by atoms with Crippen molar-refractivity contribution in [2.75, 3.05) is 12.4 Å². The Morgan fingerprint density at radius 2 is 2.08 bits per heavy atom. The van der Waals surface area contributed by atoms with Gasteiger partial charge in [0.2, 0.25) is 0 Å². The maximum absolute atomic E-state index is 9.68. The molecule has 0 spiro atoms. The highest BCUT2D eigenvalue weighted by molar-refractivity contribution is 7.99. The maximum atomic E-state index is 9.68. The predicted molar refractivity (Wildman–Crippen MR) is 53.4 cm³/mol. The van der Waals surface area contributed by atoms with E-state index in [4.69, 9.17) is 0 Å². The third-order valence-corrected chi connectivity index (χ3v) is 2.56. The van der Waals surface area contributed by atoms with Gasteiger partial charge in [-0.3, -0.25) is 0 Å². The fourth-order valence-electron chi connectivity index (χ4n) is 0.880. The molecule has 0 N–H and O–H groups in total. The van der Waals surface area contributed by atoms with Gasteiger partial charge < -0.3 is 4.74 Å². The molecular weight excluding hydrogens is 184 g/mol. The molecule has 0 fully saturated rings. The van der Waals surface area contributed by atoms with Crippen LogP contribution in [0.15, 0.2) is 35.2 Å². The summed E-state index contributed by atoms with van der Waals surface area (Å²) in [6, 6.07) is 10.2. The Morgan fingerprint density at radius 3 is 2.77 bits per heavy atom. The number of ether oxygens (including phenoxy) is 1. The van der Waals surface area contributed by atoms with Crippen LogP contribution in [0.4, 0.5) is 0 Å². The minimum atomic E-state index is 0.462. The number of thioether (sulfide) groups is 1. The zero-order valence-corrected chi connectivity index (χ0v) is 8.05. The Kier molecular flexibility index (Phi) is 5.10. The van der Waals surface area contributed by atoms with E-state index >= 15 is 0 Å². The van der Waals surface area contributed by atoms with E-state index in [1.54, 1.807) is 11.8 Å². The molecule has 0 unspecified atom stereocenters. The van der Waals surface area contributed by atoms with Gasteiger partial charge in [0.05, 0.1) is 6.61 Å². The zero-order chi connectivity index (χ0) is 9.36. The van der Waals surface area contributed by atoms with Crippen molar-refractivity contribution in [1.82, 2.24) is 0 Å². The van der Waals surface area contributed by atoms with Crippen LogP contribution in [0, 0.1) is 0 Å². The normalized spacial score (nSPS) is 9.54. The van der Waals surface area contributed by atoms with Crippen molar-refractivity contribution in [2.45, 2.75) is 11.3 Å². The lowest BCUT2D eigenvalue weighted by molar-refractivity contribution is 0.279. The number of hydrogen-bond donors (Lipinski definition) is 0. The molecule has 0 aliphatic carbocycles. The first-order chi connectivity index (χ1) is 6.43. The quantitative estimate of drug-likeness (QED) is 0.514. The molecule has 0 saturated heterocycles. The van der Waals surface area contributed by atoms with E-state index in [0.29, 0.717) is 6.61 Å². The van der Waals surface area contributed by atoms with Crippen LogP contribution < -0.4 is 0 Å². The summed E-state index contributed by atoms with van der Waals surface area (Å²) in [5.74, 6) is 0.964. The maximum Gasteiger partial charge on any atom is 0.417 e. The molecule has 0 amide bonds. The lowest BCUT2D eigenvalue weighted by Crippen LogP contribution is -1.92. The first-order valence-electron chi connectivity index (χ1n) is 4.10. The molecule has 0 aliphatic rings. The first-order valence-corrected chi connectivity index (χ1v) is 5.09. The van der Waals surface area contributed by atoms with Crippen LogP contribution in [0.3, 0.4) is 0 Å². The Balaban J connectivity index is 2.10. The van der Waals surface area contributed by atoms with Crippen molar-refractivity contribution in [2.24, 2.45) is 0 Å². The van der Waals surface area contributed by atoms with E-state index in [1.807, 2.05) is 18.2 Å². The minimum absolute atomic E-state index is 0.462. The van der Waals surface area contributed by atoms with Crippen molar-refractivity contribution in [1.29, 1.82) is 0 Å². The summed E-state index contributed by atoms with van der Waals surface area (Å²) in [7, 11) is 0. The molecule has 1 rings (SSSR count). The molecule has 0 aliphatic heterocycles. The van der Waals surface area contributed by atoms with Gasteiger partial charge in [0.1, 0.15) is 0 Å². The second-order valence-electron chi connectivity index (χ2n) is 2.45. The van der Waals surface area contributed by atoms with E-state index in [9.17, 15) is 4.79 Å². The summed E-state index contributed by atoms with van der Waals surface area (Å²) < 4.78 is 4.45. The van der Waals surface area contributed by atoms with Crippen molar-refractivity contribution in [3.63, 3.8) is 0 Å².